The summed E-state index contributed by atoms with van der Waals surface area (Å²) < 4.78 is 39.7. The fraction of sp³-hybridized carbons (Fsp3) is 0.263. The van der Waals surface area contributed by atoms with E-state index in [4.69, 9.17) is 0 Å². The first-order chi connectivity index (χ1) is 12.7. The maximum atomic E-state index is 13.2. The number of halogens is 3. The van der Waals surface area contributed by atoms with Crippen LogP contribution in [0.5, 0.6) is 5.75 Å². The average Bonchev–Trinajstić information content (AvgIpc) is 3.01. The molecule has 1 aliphatic rings. The summed E-state index contributed by atoms with van der Waals surface area (Å²) in [5.41, 5.74) is -2.81. The first-order valence-electron chi connectivity index (χ1n) is 8.26. The molecule has 1 unspecified atom stereocenters. The molecule has 1 atom stereocenters. The lowest BCUT2D eigenvalue weighted by atomic mass is 9.95. The van der Waals surface area contributed by atoms with Gasteiger partial charge in [-0.1, -0.05) is 43.3 Å². The number of hydrazone groups is 1. The minimum Gasteiger partial charge on any atom is -0.507 e. The van der Waals surface area contributed by atoms with Gasteiger partial charge in [0.15, 0.2) is 5.72 Å². The number of hydrogen-bond acceptors (Lipinski definition) is 4. The number of hydrogen-bond donors (Lipinski definition) is 2. The molecule has 27 heavy (non-hydrogen) atoms. The van der Waals surface area contributed by atoms with Crippen molar-refractivity contribution in [3.8, 4) is 5.75 Å². The third-order valence-corrected chi connectivity index (χ3v) is 4.46. The highest BCUT2D eigenvalue weighted by Crippen LogP contribution is 2.41. The minimum atomic E-state index is -4.80. The summed E-state index contributed by atoms with van der Waals surface area (Å²) in [4.78, 5) is 12.8. The summed E-state index contributed by atoms with van der Waals surface area (Å²) >= 11 is 0. The van der Waals surface area contributed by atoms with E-state index in [2.05, 4.69) is 5.10 Å². The van der Waals surface area contributed by atoms with Crippen LogP contribution in [0.15, 0.2) is 53.6 Å². The molecular formula is C19H17F3N2O3. The standard InChI is InChI=1S/C19H17F3N2O3/c1-2-12-7-9-13(10-8-12)18(27)11-16(19(20,21)22)23-24(18)17(26)14-5-3-4-6-15(14)25/h3-10,25,27H,2,11H2,1H3. The highest BCUT2D eigenvalue weighted by Gasteiger charge is 2.53. The van der Waals surface area contributed by atoms with Crippen molar-refractivity contribution in [2.75, 3.05) is 0 Å². The van der Waals surface area contributed by atoms with Crippen LogP contribution in [0.25, 0.3) is 0 Å². The molecule has 2 aromatic carbocycles. The van der Waals surface area contributed by atoms with Gasteiger partial charge in [-0.05, 0) is 24.1 Å². The van der Waals surface area contributed by atoms with Crippen LogP contribution in [0, 0.1) is 0 Å². The first kappa shape index (κ1) is 18.9. The third-order valence-electron chi connectivity index (χ3n) is 4.46. The number of alkyl halides is 3. The van der Waals surface area contributed by atoms with E-state index in [9.17, 15) is 28.2 Å². The molecule has 0 spiro atoms. The summed E-state index contributed by atoms with van der Waals surface area (Å²) in [6, 6.07) is 11.7. The lowest BCUT2D eigenvalue weighted by Gasteiger charge is -2.31. The van der Waals surface area contributed by atoms with Crippen LogP contribution in [-0.4, -0.2) is 33.0 Å². The highest BCUT2D eigenvalue weighted by molar-refractivity contribution is 6.01. The predicted octanol–water partition coefficient (Wildman–Crippen LogP) is 3.56. The second-order valence-electron chi connectivity index (χ2n) is 6.22. The molecule has 0 radical (unpaired) electrons. The molecule has 142 valence electrons. The molecule has 0 saturated heterocycles. The Morgan fingerprint density at radius 3 is 2.37 bits per heavy atom. The maximum absolute atomic E-state index is 13.2. The summed E-state index contributed by atoms with van der Waals surface area (Å²) in [5.74, 6) is -1.45. The summed E-state index contributed by atoms with van der Waals surface area (Å²) in [7, 11) is 0. The minimum absolute atomic E-state index is 0.103. The Labute approximate surface area is 153 Å². The molecule has 5 nitrogen and oxygen atoms in total. The number of phenolic OH excluding ortho intramolecular Hbond substituents is 1. The lowest BCUT2D eigenvalue weighted by Crippen LogP contribution is -2.43. The Morgan fingerprint density at radius 1 is 1.19 bits per heavy atom. The van der Waals surface area contributed by atoms with Crippen LogP contribution in [0.1, 0.15) is 34.8 Å². The number of benzene rings is 2. The van der Waals surface area contributed by atoms with Gasteiger partial charge in [0.2, 0.25) is 0 Å². The van der Waals surface area contributed by atoms with Gasteiger partial charge >= 0.3 is 6.18 Å². The Morgan fingerprint density at radius 2 is 1.81 bits per heavy atom. The van der Waals surface area contributed by atoms with Gasteiger partial charge in [0.1, 0.15) is 11.5 Å². The van der Waals surface area contributed by atoms with E-state index in [1.54, 1.807) is 12.1 Å². The number of amides is 1. The van der Waals surface area contributed by atoms with Crippen molar-refractivity contribution in [3.05, 3.63) is 65.2 Å². The highest BCUT2D eigenvalue weighted by atomic mass is 19.4. The normalized spacial score (nSPS) is 19.9. The number of carbonyl (C=O) groups is 1. The molecule has 0 fully saturated rings. The second-order valence-corrected chi connectivity index (χ2v) is 6.22. The maximum Gasteiger partial charge on any atom is 0.431 e. The SMILES string of the molecule is CCc1ccc(C2(O)CC(C(F)(F)F)=NN2C(=O)c2ccccc2O)cc1. The zero-order valence-electron chi connectivity index (χ0n) is 14.4. The van der Waals surface area contributed by atoms with Crippen LogP contribution in [0.3, 0.4) is 0 Å². The van der Waals surface area contributed by atoms with Gasteiger partial charge in [-0.15, -0.1) is 0 Å². The number of carbonyl (C=O) groups excluding carboxylic acids is 1. The number of aromatic hydroxyl groups is 1. The van der Waals surface area contributed by atoms with Crippen molar-refractivity contribution in [2.45, 2.75) is 31.7 Å². The Kier molecular flexibility index (Phi) is 4.69. The molecule has 1 aliphatic heterocycles. The van der Waals surface area contributed by atoms with Crippen molar-refractivity contribution in [1.29, 1.82) is 0 Å². The fourth-order valence-corrected chi connectivity index (χ4v) is 2.92. The van der Waals surface area contributed by atoms with Gasteiger partial charge in [0.25, 0.3) is 5.91 Å². The molecule has 1 heterocycles. The third kappa shape index (κ3) is 3.40. The summed E-state index contributed by atoms with van der Waals surface area (Å²) in [6.45, 7) is 1.91. The fourth-order valence-electron chi connectivity index (χ4n) is 2.92. The molecule has 0 saturated carbocycles. The van der Waals surface area contributed by atoms with E-state index in [0.717, 1.165) is 5.56 Å². The quantitative estimate of drug-likeness (QED) is 0.858. The number of rotatable bonds is 3. The monoisotopic (exact) mass is 378 g/mol. The molecule has 8 heteroatoms. The zero-order valence-corrected chi connectivity index (χ0v) is 14.4. The van der Waals surface area contributed by atoms with E-state index in [-0.39, 0.29) is 11.1 Å². The van der Waals surface area contributed by atoms with Crippen molar-refractivity contribution in [3.63, 3.8) is 0 Å². The Balaban J connectivity index is 2.08. The average molecular weight is 378 g/mol. The predicted molar refractivity (Wildman–Crippen MR) is 92.1 cm³/mol. The van der Waals surface area contributed by atoms with Gasteiger partial charge in [-0.3, -0.25) is 4.79 Å². The van der Waals surface area contributed by atoms with Crippen molar-refractivity contribution in [1.82, 2.24) is 5.01 Å². The van der Waals surface area contributed by atoms with Gasteiger partial charge < -0.3 is 10.2 Å². The largest absolute Gasteiger partial charge is 0.507 e. The number of nitrogens with zero attached hydrogens (tertiary/aromatic N) is 2. The van der Waals surface area contributed by atoms with E-state index in [0.29, 0.717) is 11.4 Å². The molecule has 0 aromatic heterocycles. The topological polar surface area (TPSA) is 73.1 Å². The lowest BCUT2D eigenvalue weighted by molar-refractivity contribution is -0.0816. The molecular weight excluding hydrogens is 361 g/mol. The van der Waals surface area contributed by atoms with Gasteiger partial charge in [-0.25, -0.2) is 0 Å². The molecule has 0 bridgehead atoms. The summed E-state index contributed by atoms with van der Waals surface area (Å²) in [6.07, 6.45) is -4.99. The van der Waals surface area contributed by atoms with Crippen molar-refractivity contribution >= 4 is 11.6 Å². The van der Waals surface area contributed by atoms with Gasteiger partial charge in [0, 0.05) is 5.56 Å². The summed E-state index contributed by atoms with van der Waals surface area (Å²) in [5, 5.41) is 24.7. The molecule has 1 amide bonds. The van der Waals surface area contributed by atoms with E-state index >= 15 is 0 Å². The van der Waals surface area contributed by atoms with E-state index < -0.39 is 35.7 Å². The number of para-hydroxylation sites is 1. The molecule has 2 N–H and O–H groups in total. The van der Waals surface area contributed by atoms with Crippen LogP contribution in [0.2, 0.25) is 0 Å². The van der Waals surface area contributed by atoms with Gasteiger partial charge in [0.05, 0.1) is 12.0 Å². The number of aryl methyl sites for hydroxylation is 1. The Hall–Kier alpha value is -2.87. The van der Waals surface area contributed by atoms with Crippen LogP contribution in [-0.2, 0) is 12.1 Å². The first-order valence-corrected chi connectivity index (χ1v) is 8.26. The molecule has 2 aromatic rings. The molecule has 3 rings (SSSR count). The van der Waals surface area contributed by atoms with Crippen LogP contribution >= 0.6 is 0 Å². The zero-order chi connectivity index (χ0) is 19.8. The van der Waals surface area contributed by atoms with Crippen molar-refractivity contribution < 1.29 is 28.2 Å². The number of aliphatic hydroxyl groups is 1. The molecule has 0 aliphatic carbocycles. The smallest absolute Gasteiger partial charge is 0.431 e. The number of phenols is 1. The Bertz CT molecular complexity index is 894. The van der Waals surface area contributed by atoms with Crippen LogP contribution < -0.4 is 0 Å². The van der Waals surface area contributed by atoms with Crippen LogP contribution in [0.4, 0.5) is 13.2 Å². The van der Waals surface area contributed by atoms with E-state index in [1.807, 2.05) is 6.92 Å². The second kappa shape index (κ2) is 6.70. The van der Waals surface area contributed by atoms with Crippen molar-refractivity contribution in [2.24, 2.45) is 5.10 Å². The van der Waals surface area contributed by atoms with Gasteiger partial charge in [-0.2, -0.15) is 23.3 Å². The van der Waals surface area contributed by atoms with E-state index in [1.165, 1.54) is 36.4 Å².